The van der Waals surface area contributed by atoms with Crippen LogP contribution in [0.15, 0.2) is 18.2 Å². The molecule has 0 aliphatic carbocycles. The maximum Gasteiger partial charge on any atom is 0.329 e. The number of H-pyrrole nitrogens is 1. The fraction of sp³-hybridized carbons (Fsp3) is 0.364. The number of aryl methyl sites for hydroxylation is 1. The second-order valence-corrected chi connectivity index (χ2v) is 8.24. The Hall–Kier alpha value is -3.53. The van der Waals surface area contributed by atoms with Crippen LogP contribution in [0.1, 0.15) is 63.2 Å². The summed E-state index contributed by atoms with van der Waals surface area (Å²) >= 11 is 5.98. The molecule has 0 spiro atoms. The van der Waals surface area contributed by atoms with Gasteiger partial charge in [0, 0.05) is 23.4 Å². The zero-order valence-electron chi connectivity index (χ0n) is 18.8. The number of benzene rings is 1. The Labute approximate surface area is 194 Å². The van der Waals surface area contributed by atoms with E-state index < -0.39 is 41.1 Å². The first-order valence-corrected chi connectivity index (χ1v) is 10.4. The number of ketones is 2. The van der Waals surface area contributed by atoms with Gasteiger partial charge >= 0.3 is 5.97 Å². The van der Waals surface area contributed by atoms with Gasteiger partial charge in [0.1, 0.15) is 6.04 Å². The fourth-order valence-electron chi connectivity index (χ4n) is 3.37. The summed E-state index contributed by atoms with van der Waals surface area (Å²) in [5.74, 6) is -2.67. The van der Waals surface area contributed by atoms with E-state index in [0.29, 0.717) is 16.8 Å². The van der Waals surface area contributed by atoms with Gasteiger partial charge in [-0.25, -0.2) is 4.79 Å². The molecule has 176 valence electrons. The number of hydrogen-bond donors (Lipinski definition) is 2. The Morgan fingerprint density at radius 1 is 1.21 bits per heavy atom. The van der Waals surface area contributed by atoms with E-state index in [4.69, 9.17) is 16.3 Å². The van der Waals surface area contributed by atoms with Crippen molar-refractivity contribution in [2.75, 3.05) is 6.61 Å². The number of non-ortho nitro benzene ring substituents is 1. The molecule has 2 rings (SSSR count). The van der Waals surface area contributed by atoms with E-state index in [-0.39, 0.29) is 27.8 Å². The molecule has 1 aromatic carbocycles. The van der Waals surface area contributed by atoms with Gasteiger partial charge in [0.15, 0.2) is 12.4 Å². The SMILES string of the molecule is CC(=O)c1c(C)[nH]c(C(=O)COC(=O)[C@@H](NC(=O)c2ccc([N+](=O)[O-])cc2Cl)C(C)C)c1C. The van der Waals surface area contributed by atoms with Crippen LogP contribution in [-0.2, 0) is 9.53 Å². The molecule has 0 fully saturated rings. The number of carbonyl (C=O) groups excluding carboxylic acids is 4. The second kappa shape index (κ2) is 10.4. The maximum absolute atomic E-state index is 12.6. The van der Waals surface area contributed by atoms with Gasteiger partial charge < -0.3 is 15.0 Å². The maximum atomic E-state index is 12.6. The van der Waals surface area contributed by atoms with Gasteiger partial charge in [-0.05, 0) is 38.3 Å². The molecule has 0 saturated carbocycles. The number of amides is 1. The van der Waals surface area contributed by atoms with Crippen molar-refractivity contribution in [1.82, 2.24) is 10.3 Å². The van der Waals surface area contributed by atoms with E-state index in [0.717, 1.165) is 12.1 Å². The molecular formula is C22H24ClN3O7. The highest BCUT2D eigenvalue weighted by molar-refractivity contribution is 6.34. The van der Waals surface area contributed by atoms with E-state index >= 15 is 0 Å². The summed E-state index contributed by atoms with van der Waals surface area (Å²) in [5.41, 5.74) is 1.28. The van der Waals surface area contributed by atoms with E-state index in [1.807, 2.05) is 0 Å². The van der Waals surface area contributed by atoms with Crippen LogP contribution in [0.3, 0.4) is 0 Å². The first kappa shape index (κ1) is 25.7. The Morgan fingerprint density at radius 3 is 2.33 bits per heavy atom. The molecule has 0 bridgehead atoms. The molecule has 0 saturated heterocycles. The van der Waals surface area contributed by atoms with Gasteiger partial charge in [-0.3, -0.25) is 24.5 Å². The Morgan fingerprint density at radius 2 is 1.85 bits per heavy atom. The van der Waals surface area contributed by atoms with Crippen molar-refractivity contribution in [2.24, 2.45) is 5.92 Å². The van der Waals surface area contributed by atoms with Gasteiger partial charge in [-0.15, -0.1) is 0 Å². The highest BCUT2D eigenvalue weighted by atomic mass is 35.5. The second-order valence-electron chi connectivity index (χ2n) is 7.83. The molecule has 0 unspecified atom stereocenters. The van der Waals surface area contributed by atoms with E-state index in [2.05, 4.69) is 10.3 Å². The summed E-state index contributed by atoms with van der Waals surface area (Å²) in [6, 6.07) is 2.24. The Bertz CT molecular complexity index is 1140. The van der Waals surface area contributed by atoms with E-state index in [9.17, 15) is 29.3 Å². The van der Waals surface area contributed by atoms with Gasteiger partial charge in [0.25, 0.3) is 11.6 Å². The quantitative estimate of drug-likeness (QED) is 0.242. The summed E-state index contributed by atoms with van der Waals surface area (Å²) < 4.78 is 5.13. The molecule has 33 heavy (non-hydrogen) atoms. The van der Waals surface area contributed by atoms with Crippen molar-refractivity contribution >= 4 is 40.7 Å². The predicted octanol–water partition coefficient (Wildman–Crippen LogP) is 3.58. The zero-order chi connectivity index (χ0) is 25.0. The van der Waals surface area contributed by atoms with Crippen molar-refractivity contribution in [3.8, 4) is 0 Å². The average Bonchev–Trinajstić information content (AvgIpc) is 3.03. The van der Waals surface area contributed by atoms with E-state index in [1.165, 1.54) is 13.0 Å². The van der Waals surface area contributed by atoms with Gasteiger partial charge in [-0.1, -0.05) is 25.4 Å². The summed E-state index contributed by atoms with van der Waals surface area (Å²) in [6.45, 7) is 7.44. The number of aromatic amines is 1. The lowest BCUT2D eigenvalue weighted by Gasteiger charge is -2.21. The number of hydrogen-bond acceptors (Lipinski definition) is 7. The minimum atomic E-state index is -1.10. The number of halogens is 1. The molecule has 0 aliphatic rings. The number of ether oxygens (including phenoxy) is 1. The molecular weight excluding hydrogens is 454 g/mol. The van der Waals surface area contributed by atoms with Crippen LogP contribution in [0.5, 0.6) is 0 Å². The number of nitrogens with one attached hydrogen (secondary N) is 2. The largest absolute Gasteiger partial charge is 0.456 e. The molecule has 2 N–H and O–H groups in total. The molecule has 1 heterocycles. The lowest BCUT2D eigenvalue weighted by molar-refractivity contribution is -0.384. The number of aromatic nitrogens is 1. The number of esters is 1. The van der Waals surface area contributed by atoms with Crippen LogP contribution < -0.4 is 5.32 Å². The van der Waals surface area contributed by atoms with Crippen LogP contribution in [0, 0.1) is 29.9 Å². The molecule has 1 aromatic heterocycles. The number of nitrogens with zero attached hydrogens (tertiary/aromatic N) is 1. The van der Waals surface area contributed by atoms with Crippen LogP contribution in [0.4, 0.5) is 5.69 Å². The minimum Gasteiger partial charge on any atom is -0.456 e. The normalized spacial score (nSPS) is 11.7. The number of nitro groups is 1. The third-order valence-corrected chi connectivity index (χ3v) is 5.34. The van der Waals surface area contributed by atoms with Crippen LogP contribution in [0.2, 0.25) is 5.02 Å². The summed E-state index contributed by atoms with van der Waals surface area (Å²) in [5, 5.41) is 13.2. The minimum absolute atomic E-state index is 0.0500. The van der Waals surface area contributed by atoms with Gasteiger partial charge in [-0.2, -0.15) is 0 Å². The predicted molar refractivity (Wildman–Crippen MR) is 120 cm³/mol. The molecule has 2 aromatic rings. The number of carbonyl (C=O) groups is 4. The Balaban J connectivity index is 2.11. The third kappa shape index (κ3) is 5.83. The average molecular weight is 478 g/mol. The topological polar surface area (TPSA) is 148 Å². The summed E-state index contributed by atoms with van der Waals surface area (Å²) in [6.07, 6.45) is 0. The third-order valence-electron chi connectivity index (χ3n) is 5.03. The monoisotopic (exact) mass is 477 g/mol. The first-order chi connectivity index (χ1) is 15.3. The van der Waals surface area contributed by atoms with Crippen molar-refractivity contribution in [2.45, 2.75) is 40.7 Å². The smallest absolute Gasteiger partial charge is 0.329 e. The molecule has 1 atom stereocenters. The van der Waals surface area contributed by atoms with Gasteiger partial charge in [0.2, 0.25) is 5.78 Å². The van der Waals surface area contributed by atoms with E-state index in [1.54, 1.807) is 27.7 Å². The van der Waals surface area contributed by atoms with Gasteiger partial charge in [0.05, 0.1) is 21.2 Å². The van der Waals surface area contributed by atoms with Crippen LogP contribution in [0.25, 0.3) is 0 Å². The highest BCUT2D eigenvalue weighted by Gasteiger charge is 2.29. The molecule has 11 heteroatoms. The Kier molecular flexibility index (Phi) is 8.10. The van der Waals surface area contributed by atoms with Crippen molar-refractivity contribution in [1.29, 1.82) is 0 Å². The van der Waals surface area contributed by atoms with Crippen LogP contribution >= 0.6 is 11.6 Å². The number of nitro benzene ring substituents is 1. The molecule has 1 amide bonds. The zero-order valence-corrected chi connectivity index (χ0v) is 19.5. The van der Waals surface area contributed by atoms with Crippen molar-refractivity contribution in [3.05, 3.63) is 61.4 Å². The summed E-state index contributed by atoms with van der Waals surface area (Å²) in [4.78, 5) is 62.5. The number of Topliss-reactive ketones (excluding diaryl/α,β-unsaturated/α-hetero) is 2. The van der Waals surface area contributed by atoms with Crippen molar-refractivity contribution in [3.63, 3.8) is 0 Å². The number of rotatable bonds is 9. The first-order valence-electron chi connectivity index (χ1n) is 9.99. The highest BCUT2D eigenvalue weighted by Crippen LogP contribution is 2.23. The summed E-state index contributed by atoms with van der Waals surface area (Å²) in [7, 11) is 0. The molecule has 10 nitrogen and oxygen atoms in total. The van der Waals surface area contributed by atoms with Crippen molar-refractivity contribution < 1.29 is 28.8 Å². The lowest BCUT2D eigenvalue weighted by atomic mass is 10.0. The molecule has 0 aliphatic heterocycles. The fourth-order valence-corrected chi connectivity index (χ4v) is 3.63. The standard InChI is InChI=1S/C22H24ClN3O7/c1-10(2)19(25-21(29)15-7-6-14(26(31)32)8-16(15)23)22(30)33-9-17(28)20-11(3)18(13(5)27)12(4)24-20/h6-8,10,19,24H,9H2,1-5H3,(H,25,29)/t19-/m0/s1. The molecule has 0 radical (unpaired) electrons. The lowest BCUT2D eigenvalue weighted by Crippen LogP contribution is -2.45. The van der Waals surface area contributed by atoms with Crippen LogP contribution in [-0.4, -0.2) is 46.0 Å².